The molecule has 7 nitrogen and oxygen atoms in total. The van der Waals surface area contributed by atoms with Gasteiger partial charge in [-0.15, -0.1) is 0 Å². The SMILES string of the molecule is CC(=O)c1c(C)[nH]c(C(=O)Nc2cccc(S(=O)(=O)Nc3ccccc3Cl)c2)c1C. The van der Waals surface area contributed by atoms with Gasteiger partial charge >= 0.3 is 0 Å². The first-order valence-electron chi connectivity index (χ1n) is 8.99. The quantitative estimate of drug-likeness (QED) is 0.484. The maximum Gasteiger partial charge on any atom is 0.272 e. The zero-order valence-electron chi connectivity index (χ0n) is 16.5. The number of hydrogen-bond donors (Lipinski definition) is 3. The number of rotatable bonds is 6. The first-order chi connectivity index (χ1) is 14.1. The van der Waals surface area contributed by atoms with Gasteiger partial charge in [-0.2, -0.15) is 0 Å². The number of hydrogen-bond acceptors (Lipinski definition) is 4. The maximum atomic E-state index is 12.7. The molecule has 0 fully saturated rings. The number of aryl methyl sites for hydroxylation is 1. The lowest BCUT2D eigenvalue weighted by Gasteiger charge is -2.11. The molecule has 0 atom stereocenters. The standard InChI is InChI=1S/C21H20ClN3O4S/c1-12-19(14(3)26)13(2)23-20(12)21(27)24-15-7-6-8-16(11-15)30(28,29)25-18-10-5-4-9-17(18)22/h4-11,23,25H,1-3H3,(H,24,27). The van der Waals surface area contributed by atoms with Crippen molar-refractivity contribution in [2.45, 2.75) is 25.7 Å². The molecule has 1 aromatic heterocycles. The summed E-state index contributed by atoms with van der Waals surface area (Å²) in [6, 6.07) is 12.3. The van der Waals surface area contributed by atoms with Crippen LogP contribution >= 0.6 is 11.6 Å². The minimum atomic E-state index is -3.92. The van der Waals surface area contributed by atoms with Crippen molar-refractivity contribution in [3.8, 4) is 0 Å². The van der Waals surface area contributed by atoms with Crippen LogP contribution in [0.15, 0.2) is 53.4 Å². The van der Waals surface area contributed by atoms with Crippen molar-refractivity contribution in [3.05, 3.63) is 76.1 Å². The van der Waals surface area contributed by atoms with Crippen LogP contribution in [-0.2, 0) is 10.0 Å². The van der Waals surface area contributed by atoms with E-state index in [9.17, 15) is 18.0 Å². The number of carbonyl (C=O) groups excluding carboxylic acids is 2. The number of benzene rings is 2. The molecule has 1 heterocycles. The maximum absolute atomic E-state index is 12.7. The Hall–Kier alpha value is -3.10. The molecule has 3 aromatic rings. The molecule has 30 heavy (non-hydrogen) atoms. The Bertz CT molecular complexity index is 1250. The van der Waals surface area contributed by atoms with E-state index < -0.39 is 15.9 Å². The lowest BCUT2D eigenvalue weighted by Crippen LogP contribution is -2.16. The Morgan fingerprint density at radius 3 is 2.37 bits per heavy atom. The molecule has 156 valence electrons. The van der Waals surface area contributed by atoms with Gasteiger partial charge in [0.1, 0.15) is 5.69 Å². The summed E-state index contributed by atoms with van der Waals surface area (Å²) >= 11 is 6.03. The fourth-order valence-corrected chi connectivity index (χ4v) is 4.55. The van der Waals surface area contributed by atoms with Crippen LogP contribution in [0.5, 0.6) is 0 Å². The van der Waals surface area contributed by atoms with Crippen molar-refractivity contribution in [3.63, 3.8) is 0 Å². The third-order valence-corrected chi connectivity index (χ3v) is 6.23. The number of nitrogens with one attached hydrogen (secondary N) is 3. The van der Waals surface area contributed by atoms with E-state index in [1.54, 1.807) is 44.2 Å². The van der Waals surface area contributed by atoms with Gasteiger partial charge < -0.3 is 10.3 Å². The lowest BCUT2D eigenvalue weighted by atomic mass is 10.1. The van der Waals surface area contributed by atoms with Gasteiger partial charge in [0, 0.05) is 16.9 Å². The molecule has 0 saturated carbocycles. The number of carbonyl (C=O) groups is 2. The van der Waals surface area contributed by atoms with Crippen molar-refractivity contribution in [1.29, 1.82) is 0 Å². The molecule has 3 rings (SSSR count). The third kappa shape index (κ3) is 4.39. The number of anilines is 2. The number of ketones is 1. The molecule has 9 heteroatoms. The van der Waals surface area contributed by atoms with Crippen molar-refractivity contribution < 1.29 is 18.0 Å². The summed E-state index contributed by atoms with van der Waals surface area (Å²) in [5.74, 6) is -0.615. The Kier molecular flexibility index (Phi) is 6.00. The van der Waals surface area contributed by atoms with Gasteiger partial charge in [-0.1, -0.05) is 29.8 Å². The van der Waals surface area contributed by atoms with Crippen molar-refractivity contribution in [2.24, 2.45) is 0 Å². The number of Topliss-reactive ketones (excluding diaryl/α,β-unsaturated/α-hetero) is 1. The predicted molar refractivity (Wildman–Crippen MR) is 117 cm³/mol. The summed E-state index contributed by atoms with van der Waals surface area (Å²) < 4.78 is 27.9. The molecular formula is C21H20ClN3O4S. The van der Waals surface area contributed by atoms with Crippen LogP contribution < -0.4 is 10.0 Å². The molecule has 0 aliphatic carbocycles. The molecular weight excluding hydrogens is 426 g/mol. The van der Waals surface area contributed by atoms with Gasteiger partial charge in [-0.05, 0) is 56.7 Å². The Morgan fingerprint density at radius 2 is 1.73 bits per heavy atom. The van der Waals surface area contributed by atoms with E-state index in [-0.39, 0.29) is 32.8 Å². The topological polar surface area (TPSA) is 108 Å². The molecule has 2 aromatic carbocycles. The van der Waals surface area contributed by atoms with Crippen LogP contribution in [0.25, 0.3) is 0 Å². The second-order valence-corrected chi connectivity index (χ2v) is 8.84. The molecule has 1 amide bonds. The molecule has 0 aliphatic rings. The van der Waals surface area contributed by atoms with Crippen molar-refractivity contribution >= 4 is 44.7 Å². The van der Waals surface area contributed by atoms with E-state index in [0.717, 1.165) is 0 Å². The Labute approximate surface area is 179 Å². The fraction of sp³-hybridized carbons (Fsp3) is 0.143. The summed E-state index contributed by atoms with van der Waals surface area (Å²) in [4.78, 5) is 27.3. The van der Waals surface area contributed by atoms with E-state index in [0.29, 0.717) is 16.8 Å². The number of aromatic amines is 1. The fourth-order valence-electron chi connectivity index (χ4n) is 3.19. The average molecular weight is 446 g/mol. The summed E-state index contributed by atoms with van der Waals surface area (Å²) in [6.45, 7) is 4.84. The number of halogens is 1. The normalized spacial score (nSPS) is 11.2. The van der Waals surface area contributed by atoms with Gasteiger partial charge in [0.15, 0.2) is 5.78 Å². The molecule has 0 unspecified atom stereocenters. The number of H-pyrrole nitrogens is 1. The Balaban J connectivity index is 1.86. The molecule has 0 spiro atoms. The molecule has 0 saturated heterocycles. The minimum absolute atomic E-state index is 0.0379. The van der Waals surface area contributed by atoms with Crippen molar-refractivity contribution in [1.82, 2.24) is 4.98 Å². The largest absolute Gasteiger partial charge is 0.354 e. The second-order valence-electron chi connectivity index (χ2n) is 6.75. The average Bonchev–Trinajstić information content (AvgIpc) is 2.98. The predicted octanol–water partition coefficient (Wildman–Crippen LogP) is 4.54. The van der Waals surface area contributed by atoms with E-state index in [4.69, 9.17) is 11.6 Å². The van der Waals surface area contributed by atoms with Crippen molar-refractivity contribution in [2.75, 3.05) is 10.0 Å². The van der Waals surface area contributed by atoms with Crippen LogP contribution in [0.2, 0.25) is 5.02 Å². The van der Waals surface area contributed by atoms with E-state index in [1.807, 2.05) is 0 Å². The smallest absolute Gasteiger partial charge is 0.272 e. The van der Waals surface area contributed by atoms with Gasteiger partial charge in [-0.3, -0.25) is 14.3 Å². The van der Waals surface area contributed by atoms with E-state index in [1.165, 1.54) is 25.1 Å². The minimum Gasteiger partial charge on any atom is -0.354 e. The molecule has 0 aliphatic heterocycles. The summed E-state index contributed by atoms with van der Waals surface area (Å²) in [7, 11) is -3.92. The summed E-state index contributed by atoms with van der Waals surface area (Å²) in [5, 5.41) is 2.93. The first kappa shape index (κ1) is 21.6. The van der Waals surface area contributed by atoms with Crippen LogP contribution in [0.1, 0.15) is 39.0 Å². The van der Waals surface area contributed by atoms with Gasteiger partial charge in [0.2, 0.25) is 0 Å². The highest BCUT2D eigenvalue weighted by Gasteiger charge is 2.21. The monoisotopic (exact) mass is 445 g/mol. The van der Waals surface area contributed by atoms with Crippen LogP contribution in [0.4, 0.5) is 11.4 Å². The van der Waals surface area contributed by atoms with Crippen LogP contribution in [-0.4, -0.2) is 25.1 Å². The third-order valence-electron chi connectivity index (χ3n) is 4.54. The molecule has 3 N–H and O–H groups in total. The second kappa shape index (κ2) is 8.33. The van der Waals surface area contributed by atoms with Gasteiger partial charge in [0.05, 0.1) is 15.6 Å². The van der Waals surface area contributed by atoms with Gasteiger partial charge in [-0.25, -0.2) is 8.42 Å². The van der Waals surface area contributed by atoms with E-state index in [2.05, 4.69) is 15.0 Å². The first-order valence-corrected chi connectivity index (χ1v) is 10.8. The summed E-state index contributed by atoms with van der Waals surface area (Å²) in [5.41, 5.74) is 2.41. The number of aromatic nitrogens is 1. The summed E-state index contributed by atoms with van der Waals surface area (Å²) in [6.07, 6.45) is 0. The lowest BCUT2D eigenvalue weighted by molar-refractivity contribution is 0.101. The van der Waals surface area contributed by atoms with E-state index >= 15 is 0 Å². The molecule has 0 radical (unpaired) electrons. The van der Waals surface area contributed by atoms with Gasteiger partial charge in [0.25, 0.3) is 15.9 Å². The number of amides is 1. The highest BCUT2D eigenvalue weighted by molar-refractivity contribution is 7.92. The van der Waals surface area contributed by atoms with Crippen LogP contribution in [0.3, 0.4) is 0 Å². The molecule has 0 bridgehead atoms. The Morgan fingerprint density at radius 1 is 1.03 bits per heavy atom. The number of para-hydroxylation sites is 1. The van der Waals surface area contributed by atoms with Crippen LogP contribution in [0, 0.1) is 13.8 Å². The highest BCUT2D eigenvalue weighted by Crippen LogP contribution is 2.25. The number of sulfonamides is 1. The zero-order chi connectivity index (χ0) is 22.1. The highest BCUT2D eigenvalue weighted by atomic mass is 35.5. The zero-order valence-corrected chi connectivity index (χ0v) is 18.1.